The van der Waals surface area contributed by atoms with Gasteiger partial charge in [-0.25, -0.2) is 0 Å². The van der Waals surface area contributed by atoms with E-state index in [0.29, 0.717) is 12.3 Å². The third kappa shape index (κ3) is 2.17. The first kappa shape index (κ1) is 21.0. The lowest BCUT2D eigenvalue weighted by atomic mass is 9.43. The summed E-state index contributed by atoms with van der Waals surface area (Å²) in [5.74, 6) is 0.609. The van der Waals surface area contributed by atoms with Crippen molar-refractivity contribution >= 4 is 5.78 Å². The van der Waals surface area contributed by atoms with E-state index in [2.05, 4.69) is 42.9 Å². The van der Waals surface area contributed by atoms with E-state index in [9.17, 15) is 15.4 Å². The number of carbonyl (C=O) groups excluding carboxylic acids is 1. The summed E-state index contributed by atoms with van der Waals surface area (Å²) in [6.45, 7) is 6.85. The lowest BCUT2D eigenvalue weighted by molar-refractivity contribution is -0.186. The second-order valence-corrected chi connectivity index (χ2v) is 11.5. The number of aliphatic hydroxyl groups is 1. The molecule has 4 aliphatic carbocycles. The largest absolute Gasteiger partial charge is 0.388 e. The number of hydrogen-bond acceptors (Lipinski definition) is 3. The highest BCUT2D eigenvalue weighted by Crippen LogP contribution is 2.78. The van der Waals surface area contributed by atoms with Gasteiger partial charge >= 0.3 is 0 Å². The Bertz CT molecular complexity index is 947. The van der Waals surface area contributed by atoms with Crippen molar-refractivity contribution in [2.75, 3.05) is 0 Å². The lowest BCUT2D eigenvalue weighted by Crippen LogP contribution is -2.70. The minimum absolute atomic E-state index is 0.0358. The lowest BCUT2D eigenvalue weighted by Gasteiger charge is -2.62. The van der Waals surface area contributed by atoms with Crippen LogP contribution in [0.3, 0.4) is 0 Å². The zero-order chi connectivity index (χ0) is 22.1. The maximum absolute atomic E-state index is 13.9. The molecule has 1 aromatic carbocycles. The van der Waals surface area contributed by atoms with Crippen LogP contribution in [-0.2, 0) is 10.2 Å². The molecule has 0 radical (unpaired) electrons. The zero-order valence-corrected chi connectivity index (χ0v) is 19.1. The van der Waals surface area contributed by atoms with Gasteiger partial charge in [0.2, 0.25) is 0 Å². The Balaban J connectivity index is 1.88. The normalized spacial score (nSPS) is 42.6. The maximum Gasteiger partial charge on any atom is 0.140 e. The van der Waals surface area contributed by atoms with Gasteiger partial charge in [-0.15, -0.1) is 0 Å². The molecule has 2 bridgehead atoms. The number of benzene rings is 1. The van der Waals surface area contributed by atoms with Crippen LogP contribution in [0.1, 0.15) is 84.1 Å². The van der Waals surface area contributed by atoms with Crippen molar-refractivity contribution in [1.82, 2.24) is 0 Å². The second kappa shape index (κ2) is 6.59. The molecule has 5 heteroatoms. The number of azide groups is 1. The number of rotatable bonds is 3. The fourth-order valence-electron chi connectivity index (χ4n) is 9.03. The van der Waals surface area contributed by atoms with Crippen LogP contribution in [0.25, 0.3) is 10.4 Å². The Labute approximate surface area is 185 Å². The molecule has 1 N–H and O–H groups in total. The molecule has 0 aliphatic heterocycles. The molecule has 1 spiro atoms. The van der Waals surface area contributed by atoms with E-state index in [1.165, 1.54) is 0 Å². The molecular weight excluding hydrogens is 386 g/mol. The number of fused-ring (bicyclic) bond motifs is 2. The van der Waals surface area contributed by atoms with Gasteiger partial charge in [0, 0.05) is 27.6 Å². The van der Waals surface area contributed by atoms with Gasteiger partial charge in [0.05, 0.1) is 11.6 Å². The van der Waals surface area contributed by atoms with Gasteiger partial charge < -0.3 is 5.11 Å². The molecule has 5 rings (SSSR count). The minimum atomic E-state index is -1.10. The summed E-state index contributed by atoms with van der Waals surface area (Å²) < 4.78 is 0. The first-order valence-electron chi connectivity index (χ1n) is 12.1. The molecule has 4 aliphatic rings. The summed E-state index contributed by atoms with van der Waals surface area (Å²) in [6, 6.07) is 9.61. The van der Waals surface area contributed by atoms with Crippen LogP contribution in [0.2, 0.25) is 0 Å². The number of carbonyl (C=O) groups is 1. The Morgan fingerprint density at radius 2 is 1.74 bits per heavy atom. The van der Waals surface area contributed by atoms with Crippen molar-refractivity contribution in [2.24, 2.45) is 27.3 Å². The van der Waals surface area contributed by atoms with E-state index in [0.717, 1.165) is 50.5 Å². The number of hydrogen-bond donors (Lipinski definition) is 1. The number of ketones is 1. The van der Waals surface area contributed by atoms with Crippen LogP contribution in [0.15, 0.2) is 35.4 Å². The summed E-state index contributed by atoms with van der Waals surface area (Å²) in [6.07, 6.45) is 7.64. The van der Waals surface area contributed by atoms with E-state index >= 15 is 0 Å². The van der Waals surface area contributed by atoms with Crippen molar-refractivity contribution in [1.29, 1.82) is 0 Å². The molecule has 0 heterocycles. The van der Waals surface area contributed by atoms with Crippen molar-refractivity contribution in [3.63, 3.8) is 0 Å². The second-order valence-electron chi connectivity index (χ2n) is 11.5. The van der Waals surface area contributed by atoms with Gasteiger partial charge in [-0.3, -0.25) is 4.79 Å². The van der Waals surface area contributed by atoms with E-state index < -0.39 is 22.5 Å². The third-order valence-corrected chi connectivity index (χ3v) is 10.8. The predicted molar refractivity (Wildman–Crippen MR) is 120 cm³/mol. The van der Waals surface area contributed by atoms with E-state index in [-0.39, 0.29) is 23.0 Å². The first-order valence-corrected chi connectivity index (χ1v) is 12.1. The molecule has 0 amide bonds. The van der Waals surface area contributed by atoms with Gasteiger partial charge in [0.15, 0.2) is 0 Å². The monoisotopic (exact) mass is 421 g/mol. The highest BCUT2D eigenvalue weighted by molar-refractivity contribution is 5.92. The van der Waals surface area contributed by atoms with Crippen LogP contribution < -0.4 is 0 Å². The minimum Gasteiger partial charge on any atom is -0.388 e. The summed E-state index contributed by atoms with van der Waals surface area (Å²) >= 11 is 0. The van der Waals surface area contributed by atoms with Crippen molar-refractivity contribution in [3.05, 3.63) is 46.3 Å². The van der Waals surface area contributed by atoms with Crippen molar-refractivity contribution in [3.8, 4) is 0 Å². The summed E-state index contributed by atoms with van der Waals surface area (Å²) in [4.78, 5) is 17.1. The third-order valence-electron chi connectivity index (χ3n) is 10.8. The van der Waals surface area contributed by atoms with Gasteiger partial charge in [-0.05, 0) is 54.5 Å². The Morgan fingerprint density at radius 3 is 2.29 bits per heavy atom. The smallest absolute Gasteiger partial charge is 0.140 e. The fraction of sp³-hybridized carbons (Fsp3) is 0.731. The van der Waals surface area contributed by atoms with Crippen molar-refractivity contribution in [2.45, 2.75) is 95.6 Å². The number of nitrogens with zero attached hydrogens (tertiary/aromatic N) is 3. The molecular formula is C26H35N3O2. The quantitative estimate of drug-likeness (QED) is 0.363. The summed E-state index contributed by atoms with van der Waals surface area (Å²) in [7, 11) is 0. The highest BCUT2D eigenvalue weighted by Gasteiger charge is 2.82. The maximum atomic E-state index is 13.9. The van der Waals surface area contributed by atoms with Gasteiger partial charge in [0.1, 0.15) is 5.78 Å². The van der Waals surface area contributed by atoms with Gasteiger partial charge in [-0.1, -0.05) is 75.5 Å². The first-order chi connectivity index (χ1) is 14.7. The zero-order valence-electron chi connectivity index (χ0n) is 19.1. The van der Waals surface area contributed by atoms with E-state index in [1.807, 2.05) is 18.2 Å². The van der Waals surface area contributed by atoms with E-state index in [4.69, 9.17) is 0 Å². The topological polar surface area (TPSA) is 86.1 Å². The Kier molecular flexibility index (Phi) is 4.47. The molecule has 4 saturated carbocycles. The van der Waals surface area contributed by atoms with Crippen molar-refractivity contribution < 1.29 is 9.90 Å². The van der Waals surface area contributed by atoms with Crippen LogP contribution in [0.5, 0.6) is 0 Å². The summed E-state index contributed by atoms with van der Waals surface area (Å²) in [5.41, 5.74) is 7.53. The molecule has 0 aromatic heterocycles. The Hall–Kier alpha value is -1.84. The summed E-state index contributed by atoms with van der Waals surface area (Å²) in [5, 5.41) is 17.4. The SMILES string of the molecule is CC1(C)[C@@H]2CC[C@@]1(C)[C@](O)(C1(c3ccccc3)C(N=[N+]=[N-])CC(=O)C13CCCCC3)C2. The molecule has 166 valence electrons. The number of Topliss-reactive ketones (excluding diaryl/α,β-unsaturated/α-hetero) is 1. The van der Waals surface area contributed by atoms with Crippen LogP contribution in [0.4, 0.5) is 0 Å². The van der Waals surface area contributed by atoms with Gasteiger partial charge in [0.25, 0.3) is 0 Å². The average molecular weight is 422 g/mol. The fourth-order valence-corrected chi connectivity index (χ4v) is 9.03. The highest BCUT2D eigenvalue weighted by atomic mass is 16.3. The van der Waals surface area contributed by atoms with Crippen LogP contribution in [0, 0.1) is 22.2 Å². The molecule has 0 saturated heterocycles. The van der Waals surface area contributed by atoms with Gasteiger partial charge in [-0.2, -0.15) is 0 Å². The molecule has 4 fully saturated rings. The standard InChI is InChI=1S/C26H35N3O2/c1-22(2)19-12-15-23(22,3)25(31,17-19)26(18-10-6-4-7-11-18)20(28-29-27)16-21(30)24(26)13-8-5-9-14-24/h4,6-7,10-11,19-20,31H,5,8-9,12-17H2,1-3H3/t19-,20?,23-,25+,26?/m1/s1. The Morgan fingerprint density at radius 1 is 1.06 bits per heavy atom. The molecule has 2 unspecified atom stereocenters. The molecule has 31 heavy (non-hydrogen) atoms. The predicted octanol–water partition coefficient (Wildman–Crippen LogP) is 6.10. The molecule has 5 nitrogen and oxygen atoms in total. The van der Waals surface area contributed by atoms with Crippen LogP contribution in [-0.4, -0.2) is 22.5 Å². The molecule has 1 aromatic rings. The molecule has 5 atom stereocenters. The van der Waals surface area contributed by atoms with E-state index in [1.54, 1.807) is 0 Å². The van der Waals surface area contributed by atoms with Crippen LogP contribution >= 0.6 is 0 Å². The average Bonchev–Trinajstić information content (AvgIpc) is 3.19.